The molecule has 19 heavy (non-hydrogen) atoms. The van der Waals surface area contributed by atoms with Crippen molar-refractivity contribution in [3.63, 3.8) is 0 Å². The Bertz CT molecular complexity index is 710. The van der Waals surface area contributed by atoms with Crippen molar-refractivity contribution in [3.05, 3.63) is 58.4 Å². The molecule has 1 aromatic heterocycles. The maximum atomic E-state index is 11.2. The van der Waals surface area contributed by atoms with Gasteiger partial charge >= 0.3 is 5.97 Å². The lowest BCUT2D eigenvalue weighted by molar-refractivity contribution is 0.0698. The van der Waals surface area contributed by atoms with E-state index in [2.05, 4.69) is 9.98 Å². The lowest BCUT2D eigenvalue weighted by Gasteiger charge is -2.00. The number of carboxylic acid groups (broad SMARTS) is 1. The van der Waals surface area contributed by atoms with Crippen LogP contribution in [0.2, 0.25) is 5.15 Å². The zero-order chi connectivity index (χ0) is 13.4. The van der Waals surface area contributed by atoms with Gasteiger partial charge in [0.1, 0.15) is 5.15 Å². The summed E-state index contributed by atoms with van der Waals surface area (Å²) in [4.78, 5) is 19.5. The molecule has 0 saturated heterocycles. The van der Waals surface area contributed by atoms with Crippen LogP contribution in [0.15, 0.2) is 41.5 Å². The smallest absolute Gasteiger partial charge is 0.337 e. The number of aliphatic imine (C=N–C) groups is 1. The number of para-hydroxylation sites is 1. The van der Waals surface area contributed by atoms with Crippen LogP contribution in [0.5, 0.6) is 0 Å². The van der Waals surface area contributed by atoms with E-state index >= 15 is 0 Å². The summed E-state index contributed by atoms with van der Waals surface area (Å²) in [6, 6.07) is 8.73. The standard InChI is InChI=1S/C14H9ClN2O2/c15-12-7-8(4-5-16-12)11-6-9-2-1-3-10(14(18)19)13(9)17-11/h1-5,7H,6H2,(H,18,19). The number of aromatic carboxylic acids is 1. The molecule has 2 aromatic rings. The van der Waals surface area contributed by atoms with Crippen molar-refractivity contribution in [2.24, 2.45) is 4.99 Å². The Kier molecular flexibility index (Phi) is 2.80. The van der Waals surface area contributed by atoms with Gasteiger partial charge < -0.3 is 5.11 Å². The molecule has 1 N–H and O–H groups in total. The lowest BCUT2D eigenvalue weighted by atomic mass is 10.0. The normalized spacial score (nSPS) is 13.0. The summed E-state index contributed by atoms with van der Waals surface area (Å²) in [7, 11) is 0. The highest BCUT2D eigenvalue weighted by Crippen LogP contribution is 2.32. The summed E-state index contributed by atoms with van der Waals surface area (Å²) in [6.07, 6.45) is 2.22. The molecule has 0 atom stereocenters. The number of rotatable bonds is 2. The second-order valence-electron chi connectivity index (χ2n) is 4.22. The fraction of sp³-hybridized carbons (Fsp3) is 0.0714. The van der Waals surface area contributed by atoms with Crippen molar-refractivity contribution in [1.82, 2.24) is 4.98 Å². The van der Waals surface area contributed by atoms with Gasteiger partial charge in [0.15, 0.2) is 0 Å². The van der Waals surface area contributed by atoms with Gasteiger partial charge in [-0.1, -0.05) is 23.7 Å². The molecule has 0 saturated carbocycles. The predicted octanol–water partition coefficient (Wildman–Crippen LogP) is 3.11. The Morgan fingerprint density at radius 2 is 2.16 bits per heavy atom. The molecule has 1 aliphatic rings. The van der Waals surface area contributed by atoms with Crippen LogP contribution in [-0.2, 0) is 6.42 Å². The quantitative estimate of drug-likeness (QED) is 0.855. The molecule has 4 nitrogen and oxygen atoms in total. The van der Waals surface area contributed by atoms with Crippen LogP contribution in [-0.4, -0.2) is 21.8 Å². The molecule has 3 rings (SSSR count). The number of benzene rings is 1. The summed E-state index contributed by atoms with van der Waals surface area (Å²) >= 11 is 5.86. The van der Waals surface area contributed by atoms with Gasteiger partial charge in [-0.25, -0.2) is 9.78 Å². The largest absolute Gasteiger partial charge is 0.478 e. The summed E-state index contributed by atoms with van der Waals surface area (Å²) in [5.74, 6) is -0.963. The van der Waals surface area contributed by atoms with Gasteiger partial charge in [0.05, 0.1) is 17.0 Å². The van der Waals surface area contributed by atoms with E-state index < -0.39 is 5.97 Å². The van der Waals surface area contributed by atoms with Crippen molar-refractivity contribution >= 4 is 29.0 Å². The first-order chi connectivity index (χ1) is 9.15. The minimum Gasteiger partial charge on any atom is -0.478 e. The van der Waals surface area contributed by atoms with Gasteiger partial charge in [-0.15, -0.1) is 0 Å². The van der Waals surface area contributed by atoms with Crippen LogP contribution in [0.25, 0.3) is 0 Å². The predicted molar refractivity (Wildman–Crippen MR) is 72.5 cm³/mol. The monoisotopic (exact) mass is 272 g/mol. The highest BCUT2D eigenvalue weighted by Gasteiger charge is 2.21. The first-order valence-corrected chi connectivity index (χ1v) is 6.07. The zero-order valence-electron chi connectivity index (χ0n) is 9.80. The molecule has 0 fully saturated rings. The Hall–Kier alpha value is -2.20. The molecule has 0 aliphatic carbocycles. The third kappa shape index (κ3) is 2.11. The van der Waals surface area contributed by atoms with Crippen LogP contribution in [0.3, 0.4) is 0 Å². The van der Waals surface area contributed by atoms with Gasteiger partial charge in [-0.05, 0) is 23.8 Å². The molecule has 2 heterocycles. The number of carboxylic acids is 1. The van der Waals surface area contributed by atoms with E-state index in [0.717, 1.165) is 16.8 Å². The van der Waals surface area contributed by atoms with Crippen LogP contribution in [0, 0.1) is 0 Å². The van der Waals surface area contributed by atoms with E-state index in [9.17, 15) is 4.79 Å². The van der Waals surface area contributed by atoms with Crippen molar-refractivity contribution in [1.29, 1.82) is 0 Å². The van der Waals surface area contributed by atoms with E-state index in [1.807, 2.05) is 12.1 Å². The topological polar surface area (TPSA) is 62.5 Å². The number of hydrogen-bond acceptors (Lipinski definition) is 3. The Morgan fingerprint density at radius 1 is 1.32 bits per heavy atom. The molecule has 5 heteroatoms. The number of carbonyl (C=O) groups is 1. The van der Waals surface area contributed by atoms with E-state index in [1.165, 1.54) is 0 Å². The highest BCUT2D eigenvalue weighted by atomic mass is 35.5. The summed E-state index contributed by atoms with van der Waals surface area (Å²) < 4.78 is 0. The maximum Gasteiger partial charge on any atom is 0.337 e. The summed E-state index contributed by atoms with van der Waals surface area (Å²) in [5.41, 5.74) is 3.37. The van der Waals surface area contributed by atoms with Crippen molar-refractivity contribution in [2.45, 2.75) is 6.42 Å². The van der Waals surface area contributed by atoms with E-state index in [1.54, 1.807) is 24.4 Å². The van der Waals surface area contributed by atoms with E-state index in [4.69, 9.17) is 16.7 Å². The van der Waals surface area contributed by atoms with Crippen LogP contribution in [0.1, 0.15) is 21.5 Å². The molecular weight excluding hydrogens is 264 g/mol. The number of fused-ring (bicyclic) bond motifs is 1. The zero-order valence-corrected chi connectivity index (χ0v) is 10.6. The van der Waals surface area contributed by atoms with Crippen LogP contribution >= 0.6 is 11.6 Å². The summed E-state index contributed by atoms with van der Waals surface area (Å²) in [6.45, 7) is 0. The molecule has 1 aliphatic heterocycles. The van der Waals surface area contributed by atoms with Gasteiger partial charge in [0.25, 0.3) is 0 Å². The third-order valence-electron chi connectivity index (χ3n) is 3.01. The minimum absolute atomic E-state index is 0.229. The van der Waals surface area contributed by atoms with Crippen LogP contribution in [0.4, 0.5) is 5.69 Å². The molecule has 94 valence electrons. The first-order valence-electron chi connectivity index (χ1n) is 5.70. The number of aromatic nitrogens is 1. The second-order valence-corrected chi connectivity index (χ2v) is 4.61. The van der Waals surface area contributed by atoms with Crippen molar-refractivity contribution in [3.8, 4) is 0 Å². The summed E-state index contributed by atoms with van der Waals surface area (Å²) in [5, 5.41) is 9.55. The number of pyridine rings is 1. The van der Waals surface area contributed by atoms with Gasteiger partial charge in [-0.2, -0.15) is 0 Å². The maximum absolute atomic E-state index is 11.2. The minimum atomic E-state index is -0.963. The third-order valence-corrected chi connectivity index (χ3v) is 3.22. The molecule has 0 bridgehead atoms. The number of nitrogens with zero attached hydrogens (tertiary/aromatic N) is 2. The molecule has 0 radical (unpaired) electrons. The Morgan fingerprint density at radius 3 is 2.89 bits per heavy atom. The van der Waals surface area contributed by atoms with Gasteiger partial charge in [0, 0.05) is 18.2 Å². The van der Waals surface area contributed by atoms with Crippen molar-refractivity contribution < 1.29 is 9.90 Å². The van der Waals surface area contributed by atoms with E-state index in [0.29, 0.717) is 17.3 Å². The Balaban J connectivity index is 2.08. The fourth-order valence-electron chi connectivity index (χ4n) is 2.14. The average Bonchev–Trinajstić information content (AvgIpc) is 2.82. The first kappa shape index (κ1) is 11.9. The molecule has 0 amide bonds. The second kappa shape index (κ2) is 4.48. The SMILES string of the molecule is O=C(O)c1cccc2c1N=C(c1ccnc(Cl)c1)C2. The molecule has 1 aromatic carbocycles. The average molecular weight is 273 g/mol. The molecular formula is C14H9ClN2O2. The molecule has 0 unspecified atom stereocenters. The highest BCUT2D eigenvalue weighted by molar-refractivity contribution is 6.29. The van der Waals surface area contributed by atoms with Crippen molar-refractivity contribution in [2.75, 3.05) is 0 Å². The van der Waals surface area contributed by atoms with Gasteiger partial charge in [0.2, 0.25) is 0 Å². The lowest BCUT2D eigenvalue weighted by Crippen LogP contribution is -2.00. The number of halogens is 1. The van der Waals surface area contributed by atoms with Crippen LogP contribution < -0.4 is 0 Å². The van der Waals surface area contributed by atoms with Gasteiger partial charge in [-0.3, -0.25) is 4.99 Å². The fourth-order valence-corrected chi connectivity index (χ4v) is 2.32. The number of hydrogen-bond donors (Lipinski definition) is 1. The Labute approximate surface area is 114 Å². The van der Waals surface area contributed by atoms with E-state index in [-0.39, 0.29) is 5.56 Å². The molecule has 0 spiro atoms.